The Labute approximate surface area is 88.3 Å². The van der Waals surface area contributed by atoms with Crippen LogP contribution in [0.5, 0.6) is 5.88 Å². The Hall–Kier alpha value is -2.03. The molecule has 1 aromatic heterocycles. The second-order valence-electron chi connectivity index (χ2n) is 2.67. The lowest BCUT2D eigenvalue weighted by Crippen LogP contribution is -2.08. The molecular weight excluding hydrogens is 194 g/mol. The second-order valence-corrected chi connectivity index (χ2v) is 2.67. The van der Waals surface area contributed by atoms with Gasteiger partial charge < -0.3 is 15.4 Å². The molecule has 0 aliphatic rings. The first-order valence-corrected chi connectivity index (χ1v) is 4.54. The van der Waals surface area contributed by atoms with Crippen LogP contribution in [0, 0.1) is 11.3 Å². The highest BCUT2D eigenvalue weighted by atomic mass is 16.5. The van der Waals surface area contributed by atoms with Crippen molar-refractivity contribution < 1.29 is 4.74 Å². The number of anilines is 2. The number of nitrogens with one attached hydrogen (secondary N) is 2. The Balaban J connectivity index is 3.27. The van der Waals surface area contributed by atoms with Gasteiger partial charge in [-0.3, -0.25) is 0 Å². The lowest BCUT2D eigenvalue weighted by molar-refractivity contribution is 0.396. The van der Waals surface area contributed by atoms with Gasteiger partial charge in [0, 0.05) is 13.6 Å². The van der Waals surface area contributed by atoms with E-state index in [1.54, 1.807) is 7.05 Å². The Morgan fingerprint density at radius 3 is 2.67 bits per heavy atom. The van der Waals surface area contributed by atoms with Crippen LogP contribution >= 0.6 is 0 Å². The molecule has 0 unspecified atom stereocenters. The van der Waals surface area contributed by atoms with Gasteiger partial charge in [0.2, 0.25) is 11.8 Å². The zero-order chi connectivity index (χ0) is 11.3. The van der Waals surface area contributed by atoms with E-state index >= 15 is 0 Å². The van der Waals surface area contributed by atoms with Crippen molar-refractivity contribution in [2.45, 2.75) is 6.92 Å². The van der Waals surface area contributed by atoms with Crippen molar-refractivity contribution in [2.75, 3.05) is 31.3 Å². The van der Waals surface area contributed by atoms with Crippen molar-refractivity contribution >= 4 is 11.8 Å². The molecule has 80 valence electrons. The van der Waals surface area contributed by atoms with Gasteiger partial charge in [0.05, 0.1) is 7.11 Å². The molecule has 0 radical (unpaired) electrons. The summed E-state index contributed by atoms with van der Waals surface area (Å²) in [5.74, 6) is 1.17. The number of rotatable bonds is 4. The quantitative estimate of drug-likeness (QED) is 0.761. The maximum absolute atomic E-state index is 8.95. The van der Waals surface area contributed by atoms with Crippen LogP contribution < -0.4 is 15.4 Å². The first kappa shape index (κ1) is 11.0. The van der Waals surface area contributed by atoms with Gasteiger partial charge in [-0.1, -0.05) is 0 Å². The maximum Gasteiger partial charge on any atom is 0.238 e. The van der Waals surface area contributed by atoms with Crippen LogP contribution in [-0.4, -0.2) is 30.7 Å². The molecule has 0 aliphatic carbocycles. The molecule has 0 saturated heterocycles. The molecular formula is C9H13N5O. The molecule has 6 nitrogen and oxygen atoms in total. The van der Waals surface area contributed by atoms with Gasteiger partial charge in [-0.2, -0.15) is 15.2 Å². The van der Waals surface area contributed by atoms with E-state index < -0.39 is 0 Å². The molecule has 0 spiro atoms. The van der Waals surface area contributed by atoms with Crippen LogP contribution in [0.25, 0.3) is 0 Å². The highest BCUT2D eigenvalue weighted by Gasteiger charge is 2.13. The van der Waals surface area contributed by atoms with Crippen LogP contribution in [0.2, 0.25) is 0 Å². The monoisotopic (exact) mass is 207 g/mol. The number of hydrogen-bond donors (Lipinski definition) is 2. The second kappa shape index (κ2) is 5.00. The lowest BCUT2D eigenvalue weighted by Gasteiger charge is -2.09. The number of ether oxygens (including phenoxy) is 1. The van der Waals surface area contributed by atoms with E-state index in [1.807, 2.05) is 13.0 Å². The summed E-state index contributed by atoms with van der Waals surface area (Å²) < 4.78 is 5.01. The molecule has 6 heteroatoms. The van der Waals surface area contributed by atoms with Gasteiger partial charge in [-0.05, 0) is 6.92 Å². The van der Waals surface area contributed by atoms with Gasteiger partial charge >= 0.3 is 0 Å². The highest BCUT2D eigenvalue weighted by molar-refractivity contribution is 5.59. The molecule has 0 fully saturated rings. The van der Waals surface area contributed by atoms with E-state index in [0.29, 0.717) is 23.9 Å². The minimum atomic E-state index is 0.271. The maximum atomic E-state index is 8.95. The molecule has 0 atom stereocenters. The summed E-state index contributed by atoms with van der Waals surface area (Å²) >= 11 is 0. The lowest BCUT2D eigenvalue weighted by atomic mass is 10.3. The van der Waals surface area contributed by atoms with Crippen LogP contribution in [0.15, 0.2) is 0 Å². The molecule has 1 rings (SSSR count). The summed E-state index contributed by atoms with van der Waals surface area (Å²) in [6.45, 7) is 2.60. The molecule has 0 amide bonds. The smallest absolute Gasteiger partial charge is 0.238 e. The summed E-state index contributed by atoms with van der Waals surface area (Å²) in [6.07, 6.45) is 0. The van der Waals surface area contributed by atoms with Crippen molar-refractivity contribution in [1.82, 2.24) is 9.97 Å². The Morgan fingerprint density at radius 1 is 1.47 bits per heavy atom. The number of hydrogen-bond acceptors (Lipinski definition) is 6. The van der Waals surface area contributed by atoms with E-state index in [4.69, 9.17) is 10.00 Å². The van der Waals surface area contributed by atoms with Crippen LogP contribution in [-0.2, 0) is 0 Å². The third-order valence-electron chi connectivity index (χ3n) is 1.75. The average molecular weight is 207 g/mol. The summed E-state index contributed by atoms with van der Waals surface area (Å²) in [6, 6.07) is 2.01. The minimum absolute atomic E-state index is 0.271. The molecule has 2 N–H and O–H groups in total. The normalized spacial score (nSPS) is 9.20. The molecule has 0 bridgehead atoms. The zero-order valence-corrected chi connectivity index (χ0v) is 8.96. The number of aromatic nitrogens is 2. The van der Waals surface area contributed by atoms with E-state index in [1.165, 1.54) is 7.11 Å². The average Bonchev–Trinajstić information content (AvgIpc) is 2.28. The van der Waals surface area contributed by atoms with Crippen LogP contribution in [0.4, 0.5) is 11.8 Å². The Kier molecular flexibility index (Phi) is 3.68. The van der Waals surface area contributed by atoms with Gasteiger partial charge in [0.25, 0.3) is 0 Å². The van der Waals surface area contributed by atoms with Gasteiger partial charge in [0.15, 0.2) is 11.4 Å². The van der Waals surface area contributed by atoms with E-state index in [0.717, 1.165) is 0 Å². The van der Waals surface area contributed by atoms with Gasteiger partial charge in [-0.25, -0.2) is 0 Å². The number of nitriles is 1. The van der Waals surface area contributed by atoms with Gasteiger partial charge in [0.1, 0.15) is 6.07 Å². The SMILES string of the molecule is CCNc1nc(NC)nc(OC)c1C#N. The predicted octanol–water partition coefficient (Wildman–Crippen LogP) is 0.830. The fourth-order valence-corrected chi connectivity index (χ4v) is 1.10. The van der Waals surface area contributed by atoms with Gasteiger partial charge in [-0.15, -0.1) is 0 Å². The predicted molar refractivity (Wildman–Crippen MR) is 57.0 cm³/mol. The minimum Gasteiger partial charge on any atom is -0.480 e. The summed E-state index contributed by atoms with van der Waals surface area (Å²) in [5.41, 5.74) is 0.318. The molecule has 0 aromatic carbocycles. The fraction of sp³-hybridized carbons (Fsp3) is 0.444. The van der Waals surface area contributed by atoms with E-state index in [-0.39, 0.29) is 5.88 Å². The molecule has 1 heterocycles. The van der Waals surface area contributed by atoms with Crippen molar-refractivity contribution in [3.8, 4) is 11.9 Å². The van der Waals surface area contributed by atoms with E-state index in [2.05, 4.69) is 20.6 Å². The van der Waals surface area contributed by atoms with Crippen molar-refractivity contribution in [2.24, 2.45) is 0 Å². The van der Waals surface area contributed by atoms with Crippen molar-refractivity contribution in [1.29, 1.82) is 5.26 Å². The summed E-state index contributed by atoms with van der Waals surface area (Å²) in [7, 11) is 3.18. The third kappa shape index (κ3) is 2.26. The third-order valence-corrected chi connectivity index (χ3v) is 1.75. The van der Waals surface area contributed by atoms with E-state index in [9.17, 15) is 0 Å². The molecule has 15 heavy (non-hydrogen) atoms. The summed E-state index contributed by atoms with van der Waals surface area (Å²) in [5, 5.41) is 14.7. The number of methoxy groups -OCH3 is 1. The number of nitrogens with zero attached hydrogens (tertiary/aromatic N) is 3. The molecule has 0 aliphatic heterocycles. The largest absolute Gasteiger partial charge is 0.480 e. The molecule has 1 aromatic rings. The highest BCUT2D eigenvalue weighted by Crippen LogP contribution is 2.23. The Morgan fingerprint density at radius 2 is 2.20 bits per heavy atom. The zero-order valence-electron chi connectivity index (χ0n) is 8.96. The Bertz CT molecular complexity index is 385. The van der Waals surface area contributed by atoms with Crippen LogP contribution in [0.1, 0.15) is 12.5 Å². The first-order chi connectivity index (χ1) is 7.26. The first-order valence-electron chi connectivity index (χ1n) is 4.54. The topological polar surface area (TPSA) is 82.9 Å². The summed E-state index contributed by atoms with van der Waals surface area (Å²) in [4.78, 5) is 8.14. The van der Waals surface area contributed by atoms with Crippen LogP contribution in [0.3, 0.4) is 0 Å². The van der Waals surface area contributed by atoms with Crippen molar-refractivity contribution in [3.63, 3.8) is 0 Å². The molecule has 0 saturated carbocycles. The van der Waals surface area contributed by atoms with Crippen molar-refractivity contribution in [3.05, 3.63) is 5.56 Å². The standard InChI is InChI=1S/C9H13N5O/c1-4-12-7-6(5-10)8(15-3)14-9(11-2)13-7/h4H2,1-3H3,(H2,11,12,13,14). The fourth-order valence-electron chi connectivity index (χ4n) is 1.10.